The molecule has 44 heavy (non-hydrogen) atoms. The van der Waals surface area contributed by atoms with Crippen LogP contribution in [0.3, 0.4) is 0 Å². The van der Waals surface area contributed by atoms with E-state index in [1.165, 1.54) is 23.2 Å². The van der Waals surface area contributed by atoms with Crippen molar-refractivity contribution in [2.45, 2.75) is 40.3 Å². The van der Waals surface area contributed by atoms with Crippen LogP contribution in [0.1, 0.15) is 38.4 Å². The van der Waals surface area contributed by atoms with Gasteiger partial charge in [0.2, 0.25) is 0 Å². The quantitative estimate of drug-likeness (QED) is 0.160. The number of halogens is 4. The van der Waals surface area contributed by atoms with Crippen molar-refractivity contribution >= 4 is 11.6 Å². The zero-order valence-corrected chi connectivity index (χ0v) is 26.5. The minimum atomic E-state index is -4.93. The number of hydrazine groups is 1. The minimum absolute atomic E-state index is 0.194. The van der Waals surface area contributed by atoms with Gasteiger partial charge in [-0.15, -0.1) is 0 Å². The first-order valence-corrected chi connectivity index (χ1v) is 14.0. The molecule has 9 nitrogen and oxygen atoms in total. The van der Waals surface area contributed by atoms with Gasteiger partial charge < -0.3 is 20.9 Å². The molecule has 2 aliphatic carbocycles. The number of nitrogens with zero attached hydrogens (tertiary/aromatic N) is 5. The molecule has 0 bridgehead atoms. The maximum atomic E-state index is 15.0. The Kier molecular flexibility index (Phi) is 12.6. The van der Waals surface area contributed by atoms with Crippen LogP contribution in [-0.4, -0.2) is 70.9 Å². The van der Waals surface area contributed by atoms with E-state index in [9.17, 15) is 22.4 Å². The molecule has 0 saturated carbocycles. The molecule has 0 saturated heterocycles. The number of hydrogen-bond acceptors (Lipinski definition) is 7. The third-order valence-electron chi connectivity index (χ3n) is 6.74. The smallest absolute Gasteiger partial charge is 0.397 e. The maximum Gasteiger partial charge on any atom is 0.423 e. The largest absolute Gasteiger partial charge is 0.423 e. The van der Waals surface area contributed by atoms with E-state index in [1.54, 1.807) is 35.8 Å². The summed E-state index contributed by atoms with van der Waals surface area (Å²) >= 11 is 0. The van der Waals surface area contributed by atoms with Gasteiger partial charge in [0.1, 0.15) is 5.57 Å². The first kappa shape index (κ1) is 35.9. The molecule has 2 aliphatic rings. The summed E-state index contributed by atoms with van der Waals surface area (Å²) < 4.78 is 57.7. The number of carbonyl (C=O) groups is 1. The van der Waals surface area contributed by atoms with Crippen LogP contribution >= 0.6 is 0 Å². The molecule has 1 heterocycles. The number of rotatable bonds is 9. The molecule has 13 heteroatoms. The van der Waals surface area contributed by atoms with E-state index in [-0.39, 0.29) is 17.0 Å². The van der Waals surface area contributed by atoms with Gasteiger partial charge in [-0.05, 0) is 58.2 Å². The number of likely N-dealkylation sites (N-methyl/N-ethyl adjacent to an activating group) is 2. The molecule has 1 aromatic heterocycles. The van der Waals surface area contributed by atoms with Crippen molar-refractivity contribution in [3.05, 3.63) is 99.4 Å². The van der Waals surface area contributed by atoms with Crippen molar-refractivity contribution in [1.29, 1.82) is 0 Å². The van der Waals surface area contributed by atoms with Crippen LogP contribution in [0.25, 0.3) is 5.70 Å². The van der Waals surface area contributed by atoms with Crippen LogP contribution in [0.5, 0.6) is 0 Å². The number of aromatic nitrogens is 2. The number of nitrogens with one attached hydrogen (secondary N) is 1. The summed E-state index contributed by atoms with van der Waals surface area (Å²) in [5.41, 5.74) is 9.50. The molecule has 0 aromatic carbocycles. The Bertz CT molecular complexity index is 1480. The highest BCUT2D eigenvalue weighted by atomic mass is 19.4. The molecule has 3 rings (SSSR count). The van der Waals surface area contributed by atoms with E-state index >= 15 is 0 Å². The second kappa shape index (κ2) is 15.4. The molecule has 1 aromatic rings. The Labute approximate surface area is 256 Å². The predicted octanol–water partition coefficient (Wildman–Crippen LogP) is 4.68. The third-order valence-corrected chi connectivity index (χ3v) is 6.74. The Hall–Kier alpha value is -4.32. The van der Waals surface area contributed by atoms with Crippen LogP contribution in [0.4, 0.5) is 17.6 Å². The zero-order valence-electron chi connectivity index (χ0n) is 26.5. The fourth-order valence-electron chi connectivity index (χ4n) is 4.09. The average Bonchev–Trinajstić information content (AvgIpc) is 3.08. The standard InChI is InChI=1S/C29H36F4N8O.C2H6/c1-18-8-7-9-22(15-26(18)41(35)17-25(34)23-16-36-40(6)19(23)2)37-28(42)20-12-21(29(31,32)33)14-24(30)27(13-20)39(5)11-10-38(3)4;1-2/h8-9,12-13,15-17H,7,10-11,34-35H2,1-6H3,(H,37,42);1-2H3/b25-17-;. The molecular weight excluding hydrogens is 576 g/mol. The molecular formula is C31H42F4N8O. The summed E-state index contributed by atoms with van der Waals surface area (Å²) in [5.74, 6) is 4.25. The Morgan fingerprint density at radius 2 is 1.77 bits per heavy atom. The topological polar surface area (TPSA) is 109 Å². The highest BCUT2D eigenvalue weighted by Crippen LogP contribution is 2.31. The van der Waals surface area contributed by atoms with E-state index in [2.05, 4.69) is 10.4 Å². The Morgan fingerprint density at radius 3 is 2.34 bits per heavy atom. The highest BCUT2D eigenvalue weighted by molar-refractivity contribution is 5.98. The third kappa shape index (κ3) is 9.34. The van der Waals surface area contributed by atoms with E-state index in [1.807, 2.05) is 52.8 Å². The van der Waals surface area contributed by atoms with E-state index in [0.29, 0.717) is 42.5 Å². The summed E-state index contributed by atoms with van der Waals surface area (Å²) in [4.78, 5) is 16.6. The van der Waals surface area contributed by atoms with E-state index in [0.717, 1.165) is 17.3 Å². The average molecular weight is 619 g/mol. The van der Waals surface area contributed by atoms with Gasteiger partial charge in [-0.2, -0.15) is 22.7 Å². The van der Waals surface area contributed by atoms with Gasteiger partial charge in [-0.25, -0.2) is 5.84 Å². The number of hydrogen-bond donors (Lipinski definition) is 3. The van der Waals surface area contributed by atoms with Gasteiger partial charge in [0.05, 0.1) is 23.3 Å². The molecule has 0 unspecified atom stereocenters. The molecule has 0 atom stereocenters. The monoisotopic (exact) mass is 618 g/mol. The first-order valence-electron chi connectivity index (χ1n) is 14.0. The van der Waals surface area contributed by atoms with Crippen molar-refractivity contribution < 1.29 is 22.4 Å². The predicted molar refractivity (Wildman–Crippen MR) is 165 cm³/mol. The molecule has 5 N–H and O–H groups in total. The van der Waals surface area contributed by atoms with Crippen molar-refractivity contribution in [3.8, 4) is 0 Å². The lowest BCUT2D eigenvalue weighted by Gasteiger charge is -2.23. The van der Waals surface area contributed by atoms with Gasteiger partial charge >= 0.3 is 6.18 Å². The van der Waals surface area contributed by atoms with Gasteiger partial charge in [0.25, 0.3) is 5.91 Å². The van der Waals surface area contributed by atoms with Crippen LogP contribution < -0.4 is 16.9 Å². The van der Waals surface area contributed by atoms with Crippen LogP contribution in [-0.2, 0) is 11.8 Å². The highest BCUT2D eigenvalue weighted by Gasteiger charge is 2.35. The van der Waals surface area contributed by atoms with E-state index in [4.69, 9.17) is 11.6 Å². The fraction of sp³-hybridized carbons (Fsp3) is 0.387. The summed E-state index contributed by atoms with van der Waals surface area (Å²) in [6.45, 7) is 8.49. The van der Waals surface area contributed by atoms with E-state index < -0.39 is 23.5 Å². The van der Waals surface area contributed by atoms with Gasteiger partial charge in [-0.3, -0.25) is 14.5 Å². The number of nitrogens with two attached hydrogens (primary N) is 2. The van der Waals surface area contributed by atoms with Crippen molar-refractivity contribution in [2.24, 2.45) is 18.6 Å². The lowest BCUT2D eigenvalue weighted by molar-refractivity contribution is -0.116. The first-order chi connectivity index (χ1) is 20.6. The Morgan fingerprint density at radius 1 is 1.11 bits per heavy atom. The van der Waals surface area contributed by atoms with Crippen LogP contribution in [0.15, 0.2) is 88.1 Å². The molecule has 0 fully saturated rings. The molecule has 240 valence electrons. The summed E-state index contributed by atoms with van der Waals surface area (Å²) in [6, 6.07) is 0. The van der Waals surface area contributed by atoms with Crippen LogP contribution in [0, 0.1) is 6.92 Å². The summed E-state index contributed by atoms with van der Waals surface area (Å²) in [6.07, 6.45) is 5.43. The number of aryl methyl sites for hydroxylation is 1. The lowest BCUT2D eigenvalue weighted by Crippen LogP contribution is -2.29. The summed E-state index contributed by atoms with van der Waals surface area (Å²) in [7, 11) is 6.94. The lowest BCUT2D eigenvalue weighted by atomic mass is 10.1. The number of carbonyl (C=O) groups excluding carboxylic acids is 1. The second-order valence-electron chi connectivity index (χ2n) is 10.2. The van der Waals surface area contributed by atoms with Crippen molar-refractivity contribution in [1.82, 2.24) is 29.9 Å². The van der Waals surface area contributed by atoms with Gasteiger partial charge in [0, 0.05) is 55.9 Å². The number of alkyl halides is 3. The van der Waals surface area contributed by atoms with Crippen LogP contribution in [0.2, 0.25) is 0 Å². The summed E-state index contributed by atoms with van der Waals surface area (Å²) in [5, 5.41) is 8.12. The number of amides is 1. The van der Waals surface area contributed by atoms with Gasteiger partial charge in [-0.1, -0.05) is 31.7 Å². The fourth-order valence-corrected chi connectivity index (χ4v) is 4.09. The zero-order chi connectivity index (χ0) is 33.4. The molecule has 1 amide bonds. The second-order valence-corrected chi connectivity index (χ2v) is 10.2. The normalized spacial score (nSPS) is 15.7. The SMILES string of the molecule is CC.CC1=CCC=C(NC(=O)C2=CC(C(F)(F)F)=C=C(F)C(N(C)CCN(C)C)=C2)C=C1N(N)/C=C(\N)c1cnn(C)c1C. The minimum Gasteiger partial charge on any atom is -0.397 e. The number of allylic oxidation sites excluding steroid dienone is 6. The van der Waals surface area contributed by atoms with Gasteiger partial charge in [0.15, 0.2) is 5.83 Å². The maximum absolute atomic E-state index is 15.0. The molecule has 0 spiro atoms. The molecule has 0 radical (unpaired) electrons. The van der Waals surface area contributed by atoms with Crippen molar-refractivity contribution in [2.75, 3.05) is 34.2 Å². The Balaban J connectivity index is 0.00000330. The molecule has 0 aliphatic heterocycles. The van der Waals surface area contributed by atoms with Crippen molar-refractivity contribution in [3.63, 3.8) is 0 Å².